The summed E-state index contributed by atoms with van der Waals surface area (Å²) < 4.78 is 4.86. The van der Waals surface area contributed by atoms with E-state index in [9.17, 15) is 9.59 Å². The number of carbonyl (C=O) groups excluding carboxylic acids is 2. The molecule has 0 saturated carbocycles. The zero-order chi connectivity index (χ0) is 17.8. The molecule has 3 rings (SSSR count). The molecular formula is C20H20N2O3. The van der Waals surface area contributed by atoms with Crippen LogP contribution in [-0.4, -0.2) is 18.9 Å². The van der Waals surface area contributed by atoms with E-state index in [4.69, 9.17) is 10.6 Å². The predicted octanol–water partition coefficient (Wildman–Crippen LogP) is 2.80. The highest BCUT2D eigenvalue weighted by atomic mass is 16.5. The Morgan fingerprint density at radius 3 is 2.28 bits per heavy atom. The average molecular weight is 336 g/mol. The number of allylic oxidation sites excluding steroid dienone is 2. The predicted molar refractivity (Wildman–Crippen MR) is 95.5 cm³/mol. The number of carbonyl (C=O) groups is 2. The van der Waals surface area contributed by atoms with Gasteiger partial charge in [-0.1, -0.05) is 48.5 Å². The van der Waals surface area contributed by atoms with Gasteiger partial charge in [-0.05, 0) is 24.1 Å². The fraction of sp³-hybridized carbons (Fsp3) is 0.200. The Morgan fingerprint density at radius 1 is 1.08 bits per heavy atom. The topological polar surface area (TPSA) is 72.6 Å². The number of hydrogen-bond acceptors (Lipinski definition) is 5. The lowest BCUT2D eigenvalue weighted by atomic mass is 9.76. The molecule has 2 aromatic rings. The van der Waals surface area contributed by atoms with Gasteiger partial charge < -0.3 is 4.74 Å². The lowest BCUT2D eigenvalue weighted by molar-refractivity contribution is -0.149. The number of anilines is 1. The van der Waals surface area contributed by atoms with Gasteiger partial charge in [0.05, 0.1) is 12.8 Å². The van der Waals surface area contributed by atoms with Crippen LogP contribution in [0.25, 0.3) is 0 Å². The van der Waals surface area contributed by atoms with Crippen LogP contribution in [0.2, 0.25) is 0 Å². The summed E-state index contributed by atoms with van der Waals surface area (Å²) in [5.41, 5.74) is 2.37. The van der Waals surface area contributed by atoms with Crippen molar-refractivity contribution in [3.8, 4) is 0 Å². The van der Waals surface area contributed by atoms with Crippen molar-refractivity contribution in [3.05, 3.63) is 78.0 Å². The number of ketones is 1. The summed E-state index contributed by atoms with van der Waals surface area (Å²) in [7, 11) is 1.30. The molecule has 2 atom stereocenters. The highest BCUT2D eigenvalue weighted by molar-refractivity contribution is 6.07. The van der Waals surface area contributed by atoms with Crippen molar-refractivity contribution in [2.24, 2.45) is 11.8 Å². The van der Waals surface area contributed by atoms with Gasteiger partial charge in [0.25, 0.3) is 0 Å². The first-order valence-corrected chi connectivity index (χ1v) is 8.09. The number of esters is 1. The van der Waals surface area contributed by atoms with E-state index in [1.54, 1.807) is 0 Å². The van der Waals surface area contributed by atoms with Crippen LogP contribution in [0.5, 0.6) is 0 Å². The number of hydrazine groups is 1. The van der Waals surface area contributed by atoms with Gasteiger partial charge >= 0.3 is 5.97 Å². The molecule has 25 heavy (non-hydrogen) atoms. The van der Waals surface area contributed by atoms with E-state index >= 15 is 0 Å². The summed E-state index contributed by atoms with van der Waals surface area (Å²) in [6.07, 6.45) is 1.93. The van der Waals surface area contributed by atoms with E-state index in [0.29, 0.717) is 12.1 Å². The van der Waals surface area contributed by atoms with E-state index < -0.39 is 11.9 Å². The summed E-state index contributed by atoms with van der Waals surface area (Å²) in [6, 6.07) is 18.9. The Morgan fingerprint density at radius 2 is 1.68 bits per heavy atom. The Labute approximate surface area is 146 Å². The number of nitrogens with two attached hydrogens (primary N) is 1. The molecule has 128 valence electrons. The maximum atomic E-state index is 12.7. The fourth-order valence-electron chi connectivity index (χ4n) is 3.19. The summed E-state index contributed by atoms with van der Waals surface area (Å²) in [5.74, 6) is 4.27. The third-order valence-electron chi connectivity index (χ3n) is 4.47. The lowest BCUT2D eigenvalue weighted by Crippen LogP contribution is -2.39. The first-order valence-electron chi connectivity index (χ1n) is 8.09. The number of para-hydroxylation sites is 1. The number of benzene rings is 2. The van der Waals surface area contributed by atoms with Crippen molar-refractivity contribution in [1.82, 2.24) is 0 Å². The average Bonchev–Trinajstić information content (AvgIpc) is 2.67. The molecule has 5 nitrogen and oxygen atoms in total. The minimum Gasteiger partial charge on any atom is -0.468 e. The summed E-state index contributed by atoms with van der Waals surface area (Å²) in [6.45, 7) is 0. The van der Waals surface area contributed by atoms with Crippen LogP contribution in [0.3, 0.4) is 0 Å². The molecule has 0 spiro atoms. The number of nitrogens with zero attached hydrogens (tertiary/aromatic N) is 1. The van der Waals surface area contributed by atoms with Crippen molar-refractivity contribution < 1.29 is 14.3 Å². The fourth-order valence-corrected chi connectivity index (χ4v) is 3.19. The Kier molecular flexibility index (Phi) is 4.95. The Bertz CT molecular complexity index is 787. The van der Waals surface area contributed by atoms with Gasteiger partial charge in [-0.2, -0.15) is 0 Å². The molecule has 0 radical (unpaired) electrons. The van der Waals surface area contributed by atoms with E-state index in [1.807, 2.05) is 60.7 Å². The highest BCUT2D eigenvalue weighted by Crippen LogP contribution is 2.38. The van der Waals surface area contributed by atoms with Crippen LogP contribution in [0.15, 0.2) is 72.4 Å². The molecule has 1 aliphatic rings. The highest BCUT2D eigenvalue weighted by Gasteiger charge is 2.40. The van der Waals surface area contributed by atoms with Crippen molar-refractivity contribution >= 4 is 17.4 Å². The van der Waals surface area contributed by atoms with Crippen molar-refractivity contribution in [2.75, 3.05) is 12.1 Å². The molecule has 0 aliphatic heterocycles. The van der Waals surface area contributed by atoms with Gasteiger partial charge in [0.15, 0.2) is 5.78 Å². The first-order chi connectivity index (χ1) is 12.1. The molecule has 5 heteroatoms. The van der Waals surface area contributed by atoms with Crippen LogP contribution in [0, 0.1) is 5.92 Å². The van der Waals surface area contributed by atoms with Gasteiger partial charge in [-0.25, -0.2) is 5.84 Å². The molecule has 2 aromatic carbocycles. The first kappa shape index (κ1) is 16.9. The number of ether oxygens (including phenoxy) is 1. The van der Waals surface area contributed by atoms with Crippen LogP contribution in [-0.2, 0) is 14.3 Å². The van der Waals surface area contributed by atoms with E-state index in [-0.39, 0.29) is 11.7 Å². The molecule has 1 aliphatic carbocycles. The third kappa shape index (κ3) is 3.46. The largest absolute Gasteiger partial charge is 0.468 e. The van der Waals surface area contributed by atoms with Crippen LogP contribution < -0.4 is 10.9 Å². The second-order valence-corrected chi connectivity index (χ2v) is 5.97. The van der Waals surface area contributed by atoms with Crippen LogP contribution in [0.4, 0.5) is 5.69 Å². The minimum atomic E-state index is -0.847. The minimum absolute atomic E-state index is 0.284. The molecule has 0 bridgehead atoms. The third-order valence-corrected chi connectivity index (χ3v) is 4.47. The number of methoxy groups -OCH3 is 1. The summed E-state index contributed by atoms with van der Waals surface area (Å²) >= 11 is 0. The molecule has 2 N–H and O–H groups in total. The molecule has 2 unspecified atom stereocenters. The van der Waals surface area contributed by atoms with Crippen LogP contribution >= 0.6 is 0 Å². The standard InChI is InChI=1S/C20H20N2O3/c1-25-20(24)19-17(14-8-4-2-5-9-14)12-16(13-18(19)23)22(21)15-10-6-3-7-11-15/h2-11,13,17,19H,12,21H2,1H3. The molecular weight excluding hydrogens is 316 g/mol. The quantitative estimate of drug-likeness (QED) is 0.402. The summed E-state index contributed by atoms with van der Waals surface area (Å²) in [5, 5.41) is 1.50. The van der Waals surface area contributed by atoms with Gasteiger partial charge in [0.1, 0.15) is 5.92 Å². The van der Waals surface area contributed by atoms with E-state index in [0.717, 1.165) is 11.3 Å². The normalized spacial score (nSPS) is 19.9. The number of hydrogen-bond donors (Lipinski definition) is 1. The van der Waals surface area contributed by atoms with Gasteiger partial charge in [-0.15, -0.1) is 0 Å². The zero-order valence-electron chi connectivity index (χ0n) is 14.0. The SMILES string of the molecule is COC(=O)C1C(=O)C=C(N(N)c2ccccc2)CC1c1ccccc1. The smallest absolute Gasteiger partial charge is 0.317 e. The second kappa shape index (κ2) is 7.32. The van der Waals surface area contributed by atoms with Crippen molar-refractivity contribution in [1.29, 1.82) is 0 Å². The Balaban J connectivity index is 1.98. The van der Waals surface area contributed by atoms with Crippen molar-refractivity contribution in [3.63, 3.8) is 0 Å². The monoisotopic (exact) mass is 336 g/mol. The van der Waals surface area contributed by atoms with Crippen LogP contribution in [0.1, 0.15) is 17.9 Å². The molecule has 0 amide bonds. The summed E-state index contributed by atoms with van der Waals surface area (Å²) in [4.78, 5) is 24.9. The number of rotatable bonds is 4. The maximum Gasteiger partial charge on any atom is 0.317 e. The van der Waals surface area contributed by atoms with Gasteiger partial charge in [0.2, 0.25) is 0 Å². The lowest BCUT2D eigenvalue weighted by Gasteiger charge is -2.32. The second-order valence-electron chi connectivity index (χ2n) is 5.97. The van der Waals surface area contributed by atoms with E-state index in [1.165, 1.54) is 18.2 Å². The molecule has 0 fully saturated rings. The van der Waals surface area contributed by atoms with Crippen molar-refractivity contribution in [2.45, 2.75) is 12.3 Å². The van der Waals surface area contributed by atoms with E-state index in [2.05, 4.69) is 0 Å². The van der Waals surface area contributed by atoms with Gasteiger partial charge in [0, 0.05) is 17.7 Å². The maximum absolute atomic E-state index is 12.7. The zero-order valence-corrected chi connectivity index (χ0v) is 14.0. The molecule has 0 heterocycles. The molecule has 0 aromatic heterocycles. The van der Waals surface area contributed by atoms with Gasteiger partial charge in [-0.3, -0.25) is 14.6 Å². The molecule has 0 saturated heterocycles. The Hall–Kier alpha value is -2.92.